The number of hydrogen-bond donors (Lipinski definition) is 0. The zero-order valence-corrected chi connectivity index (χ0v) is 16.5. The molecule has 1 aromatic heterocycles. The summed E-state index contributed by atoms with van der Waals surface area (Å²) in [5.74, 6) is 0.0885. The van der Waals surface area contributed by atoms with Crippen molar-refractivity contribution in [3.8, 4) is 17.4 Å². The summed E-state index contributed by atoms with van der Waals surface area (Å²) in [7, 11) is 0. The van der Waals surface area contributed by atoms with E-state index in [1.165, 1.54) is 18.5 Å². The fourth-order valence-corrected chi connectivity index (χ4v) is 3.28. The van der Waals surface area contributed by atoms with Crippen LogP contribution in [0.1, 0.15) is 27.0 Å². The lowest BCUT2D eigenvalue weighted by Crippen LogP contribution is -2.30. The average Bonchev–Trinajstić information content (AvgIpc) is 3.34. The van der Waals surface area contributed by atoms with Crippen LogP contribution in [0.15, 0.2) is 89.8 Å². The van der Waals surface area contributed by atoms with E-state index in [0.29, 0.717) is 29.0 Å². The Morgan fingerprint density at radius 3 is 2.39 bits per heavy atom. The van der Waals surface area contributed by atoms with Gasteiger partial charge in [-0.05, 0) is 47.5 Å². The van der Waals surface area contributed by atoms with E-state index < -0.39 is 0 Å². The van der Waals surface area contributed by atoms with Crippen LogP contribution in [0.3, 0.4) is 0 Å². The van der Waals surface area contributed by atoms with E-state index in [2.05, 4.69) is 11.1 Å². The molecular weight excluding hydrogens is 393 g/mol. The Kier molecular flexibility index (Phi) is 5.86. The van der Waals surface area contributed by atoms with Crippen LogP contribution >= 0.6 is 0 Å². The van der Waals surface area contributed by atoms with Gasteiger partial charge in [-0.15, -0.1) is 0 Å². The Labute approximate surface area is 179 Å². The van der Waals surface area contributed by atoms with Crippen LogP contribution in [-0.2, 0) is 13.1 Å². The molecule has 3 aromatic carbocycles. The van der Waals surface area contributed by atoms with E-state index in [1.54, 1.807) is 59.6 Å². The number of hydrogen-bond acceptors (Lipinski definition) is 4. The second-order valence-electron chi connectivity index (χ2n) is 7.04. The number of nitrogens with zero attached hydrogens (tertiary/aromatic N) is 3. The average molecular weight is 411 g/mol. The van der Waals surface area contributed by atoms with E-state index in [9.17, 15) is 9.18 Å². The second-order valence-corrected chi connectivity index (χ2v) is 7.04. The Morgan fingerprint density at radius 1 is 1.00 bits per heavy atom. The number of oxazole rings is 1. The summed E-state index contributed by atoms with van der Waals surface area (Å²) in [5, 5.41) is 9.00. The monoisotopic (exact) mass is 411 g/mol. The summed E-state index contributed by atoms with van der Waals surface area (Å²) >= 11 is 0. The third kappa shape index (κ3) is 4.85. The van der Waals surface area contributed by atoms with Crippen LogP contribution in [0.5, 0.6) is 0 Å². The van der Waals surface area contributed by atoms with Gasteiger partial charge in [0.2, 0.25) is 0 Å². The Hall–Kier alpha value is -4.24. The summed E-state index contributed by atoms with van der Waals surface area (Å²) in [4.78, 5) is 18.9. The van der Waals surface area contributed by atoms with Gasteiger partial charge in [-0.1, -0.05) is 36.4 Å². The van der Waals surface area contributed by atoms with E-state index in [0.717, 1.165) is 11.1 Å². The highest BCUT2D eigenvalue weighted by molar-refractivity contribution is 5.94. The van der Waals surface area contributed by atoms with E-state index in [-0.39, 0.29) is 18.3 Å². The first kappa shape index (κ1) is 20.0. The van der Waals surface area contributed by atoms with Gasteiger partial charge in [0.15, 0.2) is 12.2 Å². The molecule has 0 unspecified atom stereocenters. The smallest absolute Gasteiger partial charge is 0.254 e. The molecule has 152 valence electrons. The van der Waals surface area contributed by atoms with E-state index in [4.69, 9.17) is 9.68 Å². The predicted octanol–water partition coefficient (Wildman–Crippen LogP) is 5.19. The molecule has 0 aliphatic carbocycles. The van der Waals surface area contributed by atoms with Gasteiger partial charge < -0.3 is 9.32 Å². The largest absolute Gasteiger partial charge is 0.444 e. The van der Waals surface area contributed by atoms with Crippen molar-refractivity contribution in [1.82, 2.24) is 9.88 Å². The molecule has 0 spiro atoms. The van der Waals surface area contributed by atoms with Gasteiger partial charge >= 0.3 is 0 Å². The molecule has 0 saturated carbocycles. The number of rotatable bonds is 6. The molecule has 1 heterocycles. The minimum absolute atomic E-state index is 0.183. The molecule has 0 bridgehead atoms. The number of aromatic nitrogens is 1. The highest BCUT2D eigenvalue weighted by Gasteiger charge is 2.18. The van der Waals surface area contributed by atoms with Crippen molar-refractivity contribution in [2.45, 2.75) is 13.1 Å². The number of benzene rings is 3. The lowest BCUT2D eigenvalue weighted by atomic mass is 10.1. The van der Waals surface area contributed by atoms with Crippen molar-refractivity contribution in [3.05, 3.63) is 113 Å². The Balaban J connectivity index is 1.60. The normalized spacial score (nSPS) is 10.5. The van der Waals surface area contributed by atoms with Gasteiger partial charge in [-0.2, -0.15) is 5.26 Å². The third-order valence-electron chi connectivity index (χ3n) is 4.85. The predicted molar refractivity (Wildman–Crippen MR) is 113 cm³/mol. The number of nitriles is 1. The zero-order chi connectivity index (χ0) is 21.6. The molecule has 1 amide bonds. The fraction of sp³-hybridized carbons (Fsp3) is 0.0800. The SMILES string of the molecule is N#Cc1ccc(CN(Cc2cccc(F)c2)C(=O)c2ccc(-c3cnco3)cc2)cc1. The van der Waals surface area contributed by atoms with Crippen molar-refractivity contribution >= 4 is 5.91 Å². The zero-order valence-electron chi connectivity index (χ0n) is 16.5. The summed E-state index contributed by atoms with van der Waals surface area (Å²) in [6.07, 6.45) is 2.96. The molecule has 0 N–H and O–H groups in total. The first-order valence-corrected chi connectivity index (χ1v) is 9.64. The fourth-order valence-electron chi connectivity index (χ4n) is 3.28. The maximum Gasteiger partial charge on any atom is 0.254 e. The quantitative estimate of drug-likeness (QED) is 0.438. The van der Waals surface area contributed by atoms with Crippen molar-refractivity contribution in [1.29, 1.82) is 5.26 Å². The summed E-state index contributed by atoms with van der Waals surface area (Å²) in [6, 6.07) is 22.4. The van der Waals surface area contributed by atoms with Crippen LogP contribution in [0.4, 0.5) is 4.39 Å². The van der Waals surface area contributed by atoms with Gasteiger partial charge in [-0.25, -0.2) is 9.37 Å². The molecule has 0 radical (unpaired) electrons. The molecule has 31 heavy (non-hydrogen) atoms. The molecule has 4 rings (SSSR count). The van der Waals surface area contributed by atoms with Crippen LogP contribution in [-0.4, -0.2) is 15.8 Å². The van der Waals surface area contributed by atoms with Gasteiger partial charge in [-0.3, -0.25) is 4.79 Å². The molecule has 0 saturated heterocycles. The highest BCUT2D eigenvalue weighted by atomic mass is 19.1. The standard InChI is InChI=1S/C25H18FN3O2/c26-23-3-1-2-20(12-23)16-29(15-19-6-4-18(13-27)5-7-19)25(30)22-10-8-21(9-11-22)24-14-28-17-31-24/h1-12,14,17H,15-16H2. The van der Waals surface area contributed by atoms with Crippen LogP contribution in [0.2, 0.25) is 0 Å². The number of carbonyl (C=O) groups is 1. The molecule has 4 aromatic rings. The lowest BCUT2D eigenvalue weighted by Gasteiger charge is -2.23. The van der Waals surface area contributed by atoms with Gasteiger partial charge in [0.1, 0.15) is 5.82 Å². The molecule has 0 aliphatic heterocycles. The lowest BCUT2D eigenvalue weighted by molar-refractivity contribution is 0.0730. The van der Waals surface area contributed by atoms with Crippen LogP contribution in [0.25, 0.3) is 11.3 Å². The molecule has 0 atom stereocenters. The van der Waals surface area contributed by atoms with Gasteiger partial charge in [0.25, 0.3) is 5.91 Å². The molecule has 5 nitrogen and oxygen atoms in total. The van der Waals surface area contributed by atoms with Crippen LogP contribution < -0.4 is 0 Å². The van der Waals surface area contributed by atoms with Crippen molar-refractivity contribution in [2.24, 2.45) is 0 Å². The first-order valence-electron chi connectivity index (χ1n) is 9.64. The first-order chi connectivity index (χ1) is 15.1. The van der Waals surface area contributed by atoms with E-state index in [1.807, 2.05) is 12.1 Å². The minimum Gasteiger partial charge on any atom is -0.444 e. The summed E-state index contributed by atoms with van der Waals surface area (Å²) in [5.41, 5.74) is 3.45. The van der Waals surface area contributed by atoms with Crippen molar-refractivity contribution in [2.75, 3.05) is 0 Å². The molecule has 6 heteroatoms. The number of carbonyl (C=O) groups excluding carboxylic acids is 1. The maximum atomic E-state index is 13.7. The number of amides is 1. The van der Waals surface area contributed by atoms with Crippen molar-refractivity contribution in [3.63, 3.8) is 0 Å². The third-order valence-corrected chi connectivity index (χ3v) is 4.85. The van der Waals surface area contributed by atoms with Gasteiger partial charge in [0.05, 0.1) is 17.8 Å². The van der Waals surface area contributed by atoms with Crippen molar-refractivity contribution < 1.29 is 13.6 Å². The number of halogens is 1. The molecular formula is C25H18FN3O2. The Bertz CT molecular complexity index is 1210. The highest BCUT2D eigenvalue weighted by Crippen LogP contribution is 2.21. The molecule has 0 aliphatic rings. The minimum atomic E-state index is -0.348. The van der Waals surface area contributed by atoms with Crippen LogP contribution in [0, 0.1) is 17.1 Å². The second kappa shape index (κ2) is 9.06. The Morgan fingerprint density at radius 2 is 1.74 bits per heavy atom. The summed E-state index contributed by atoms with van der Waals surface area (Å²) < 4.78 is 19.0. The topological polar surface area (TPSA) is 70.1 Å². The van der Waals surface area contributed by atoms with E-state index >= 15 is 0 Å². The van der Waals surface area contributed by atoms with Gasteiger partial charge in [0, 0.05) is 24.2 Å². The maximum absolute atomic E-state index is 13.7. The molecule has 0 fully saturated rings. The summed E-state index contributed by atoms with van der Waals surface area (Å²) in [6.45, 7) is 0.575.